The van der Waals surface area contributed by atoms with Crippen LogP contribution in [0.1, 0.15) is 19.8 Å². The summed E-state index contributed by atoms with van der Waals surface area (Å²) in [5.74, 6) is 0.140. The molecule has 0 spiro atoms. The Morgan fingerprint density at radius 1 is 1.53 bits per heavy atom. The molecule has 1 fully saturated rings. The van der Waals surface area contributed by atoms with Gasteiger partial charge in [0.2, 0.25) is 5.91 Å². The third-order valence-electron chi connectivity index (χ3n) is 2.55. The lowest BCUT2D eigenvalue weighted by Gasteiger charge is -2.33. The highest BCUT2D eigenvalue weighted by Gasteiger charge is 2.22. The Hall–Kier alpha value is -0.840. The molecule has 1 saturated heterocycles. The van der Waals surface area contributed by atoms with Gasteiger partial charge in [-0.25, -0.2) is 0 Å². The summed E-state index contributed by atoms with van der Waals surface area (Å²) in [4.78, 5) is 15.1. The van der Waals surface area contributed by atoms with Crippen molar-refractivity contribution in [2.45, 2.75) is 19.8 Å². The van der Waals surface area contributed by atoms with Crippen LogP contribution in [0.3, 0.4) is 0 Å². The van der Waals surface area contributed by atoms with Gasteiger partial charge in [0.1, 0.15) is 0 Å². The average molecular weight is 229 g/mol. The van der Waals surface area contributed by atoms with Crippen LogP contribution < -0.4 is 5.32 Å². The lowest BCUT2D eigenvalue weighted by molar-refractivity contribution is -0.132. The molecule has 0 aromatic rings. The number of carbonyl (C=O) groups is 1. The molecule has 15 heavy (non-hydrogen) atoms. The lowest BCUT2D eigenvalue weighted by Crippen LogP contribution is -2.53. The van der Waals surface area contributed by atoms with Crippen LogP contribution in [-0.2, 0) is 4.79 Å². The van der Waals surface area contributed by atoms with E-state index < -0.39 is 0 Å². The summed E-state index contributed by atoms with van der Waals surface area (Å²) >= 11 is 5.22. The third kappa shape index (κ3) is 3.66. The van der Waals surface area contributed by atoms with E-state index in [1.54, 1.807) is 4.90 Å². The van der Waals surface area contributed by atoms with Crippen LogP contribution in [0.25, 0.3) is 0 Å². The number of nitrogens with zero attached hydrogens (tertiary/aromatic N) is 2. The zero-order valence-corrected chi connectivity index (χ0v) is 10.3. The number of likely N-dealkylation sites (N-methyl/N-ethyl adjacent to an activating group) is 1. The summed E-state index contributed by atoms with van der Waals surface area (Å²) in [5, 5.41) is 3.89. The van der Waals surface area contributed by atoms with E-state index in [2.05, 4.69) is 12.2 Å². The molecule has 0 aromatic heterocycles. The monoisotopic (exact) mass is 229 g/mol. The molecule has 0 unspecified atom stereocenters. The molecule has 1 N–H and O–H groups in total. The third-order valence-corrected chi connectivity index (χ3v) is 2.95. The molecular weight excluding hydrogens is 210 g/mol. The molecule has 0 atom stereocenters. The second kappa shape index (κ2) is 5.90. The molecule has 1 aliphatic rings. The number of carbonyl (C=O) groups excluding carboxylic acids is 1. The van der Waals surface area contributed by atoms with Crippen molar-refractivity contribution in [3.8, 4) is 0 Å². The molecule has 0 aromatic carbocycles. The Morgan fingerprint density at radius 2 is 2.27 bits per heavy atom. The van der Waals surface area contributed by atoms with Gasteiger partial charge in [-0.3, -0.25) is 4.79 Å². The average Bonchev–Trinajstić information content (AvgIpc) is 2.22. The summed E-state index contributed by atoms with van der Waals surface area (Å²) in [6.45, 7) is 5.04. The summed E-state index contributed by atoms with van der Waals surface area (Å²) in [7, 11) is 1.83. The van der Waals surface area contributed by atoms with E-state index in [0.29, 0.717) is 11.7 Å². The molecule has 0 aliphatic carbocycles. The van der Waals surface area contributed by atoms with Crippen LogP contribution in [-0.4, -0.2) is 54.0 Å². The summed E-state index contributed by atoms with van der Waals surface area (Å²) in [6.07, 6.45) is 2.26. The first-order valence-corrected chi connectivity index (χ1v) is 5.82. The first-order valence-electron chi connectivity index (χ1n) is 5.42. The number of piperazine rings is 1. The summed E-state index contributed by atoms with van der Waals surface area (Å²) in [6, 6.07) is 0. The minimum atomic E-state index is 0.140. The second-order valence-corrected chi connectivity index (χ2v) is 4.21. The normalized spacial score (nSPS) is 16.8. The standard InChI is InChI=1S/C10H19N3OS/c1-3-4-5-11-10(15)13-7-6-12(2)9(14)8-13/h3-8H2,1-2H3,(H,11,15). The molecule has 5 heteroatoms. The highest BCUT2D eigenvalue weighted by molar-refractivity contribution is 7.80. The van der Waals surface area contributed by atoms with Crippen LogP contribution in [0, 0.1) is 0 Å². The van der Waals surface area contributed by atoms with E-state index in [1.807, 2.05) is 11.9 Å². The maximum absolute atomic E-state index is 11.4. The minimum Gasteiger partial charge on any atom is -0.363 e. The smallest absolute Gasteiger partial charge is 0.241 e. The fraction of sp³-hybridized carbons (Fsp3) is 0.800. The van der Waals surface area contributed by atoms with Crippen molar-refractivity contribution in [3.63, 3.8) is 0 Å². The predicted molar refractivity (Wildman–Crippen MR) is 64.7 cm³/mol. The number of unbranched alkanes of at least 4 members (excludes halogenated alkanes) is 1. The van der Waals surface area contributed by atoms with E-state index in [4.69, 9.17) is 12.2 Å². The van der Waals surface area contributed by atoms with Crippen LogP contribution in [0.15, 0.2) is 0 Å². The second-order valence-electron chi connectivity index (χ2n) is 3.82. The quantitative estimate of drug-likeness (QED) is 0.562. The minimum absolute atomic E-state index is 0.140. The molecule has 1 amide bonds. The molecule has 1 rings (SSSR count). The molecule has 0 bridgehead atoms. The van der Waals surface area contributed by atoms with Crippen molar-refractivity contribution in [3.05, 3.63) is 0 Å². The van der Waals surface area contributed by atoms with E-state index >= 15 is 0 Å². The van der Waals surface area contributed by atoms with Crippen molar-refractivity contribution in [1.82, 2.24) is 15.1 Å². The van der Waals surface area contributed by atoms with Gasteiger partial charge in [-0.15, -0.1) is 0 Å². The van der Waals surface area contributed by atoms with Crippen molar-refractivity contribution < 1.29 is 4.79 Å². The zero-order valence-electron chi connectivity index (χ0n) is 9.45. The van der Waals surface area contributed by atoms with Crippen molar-refractivity contribution in [2.75, 3.05) is 33.2 Å². The first kappa shape index (κ1) is 12.2. The molecule has 4 nitrogen and oxygen atoms in total. The van der Waals surface area contributed by atoms with E-state index in [1.165, 1.54) is 0 Å². The first-order chi connectivity index (χ1) is 7.15. The highest BCUT2D eigenvalue weighted by Crippen LogP contribution is 2.01. The Kier molecular flexibility index (Phi) is 4.81. The molecular formula is C10H19N3OS. The predicted octanol–water partition coefficient (Wildman–Crippen LogP) is 0.435. The number of nitrogens with one attached hydrogen (secondary N) is 1. The molecule has 0 saturated carbocycles. The van der Waals surface area contributed by atoms with Crippen LogP contribution >= 0.6 is 12.2 Å². The number of amides is 1. The van der Waals surface area contributed by atoms with Crippen LogP contribution in [0.2, 0.25) is 0 Å². The Balaban J connectivity index is 2.31. The zero-order chi connectivity index (χ0) is 11.3. The maximum Gasteiger partial charge on any atom is 0.241 e. The van der Waals surface area contributed by atoms with Gasteiger partial charge in [-0.1, -0.05) is 13.3 Å². The van der Waals surface area contributed by atoms with Crippen molar-refractivity contribution >= 4 is 23.2 Å². The molecule has 86 valence electrons. The Bertz CT molecular complexity index is 245. The van der Waals surface area contributed by atoms with Crippen LogP contribution in [0.5, 0.6) is 0 Å². The summed E-state index contributed by atoms with van der Waals surface area (Å²) < 4.78 is 0. The Labute approximate surface area is 96.6 Å². The number of thiocarbonyl (C=S) groups is 1. The van der Waals surface area contributed by atoms with E-state index in [9.17, 15) is 4.79 Å². The Morgan fingerprint density at radius 3 is 2.87 bits per heavy atom. The molecule has 1 heterocycles. The fourth-order valence-corrected chi connectivity index (χ4v) is 1.67. The fourth-order valence-electron chi connectivity index (χ4n) is 1.42. The van der Waals surface area contributed by atoms with E-state index in [-0.39, 0.29) is 5.91 Å². The topological polar surface area (TPSA) is 35.6 Å². The van der Waals surface area contributed by atoms with Gasteiger partial charge in [0.25, 0.3) is 0 Å². The largest absolute Gasteiger partial charge is 0.363 e. The van der Waals surface area contributed by atoms with Gasteiger partial charge >= 0.3 is 0 Å². The number of hydrogen-bond acceptors (Lipinski definition) is 2. The number of hydrogen-bond donors (Lipinski definition) is 1. The van der Waals surface area contributed by atoms with Gasteiger partial charge in [-0.05, 0) is 18.6 Å². The lowest BCUT2D eigenvalue weighted by atomic mass is 10.3. The molecule has 1 aliphatic heterocycles. The van der Waals surface area contributed by atoms with Gasteiger partial charge in [0, 0.05) is 26.7 Å². The summed E-state index contributed by atoms with van der Waals surface area (Å²) in [5.41, 5.74) is 0. The van der Waals surface area contributed by atoms with Crippen molar-refractivity contribution in [2.24, 2.45) is 0 Å². The number of rotatable bonds is 3. The van der Waals surface area contributed by atoms with E-state index in [0.717, 1.165) is 32.5 Å². The SMILES string of the molecule is CCCCNC(=S)N1CCN(C)C(=O)C1. The molecule has 0 radical (unpaired) electrons. The van der Waals surface area contributed by atoms with Gasteiger partial charge in [-0.2, -0.15) is 0 Å². The van der Waals surface area contributed by atoms with Crippen LogP contribution in [0.4, 0.5) is 0 Å². The van der Waals surface area contributed by atoms with Gasteiger partial charge < -0.3 is 15.1 Å². The maximum atomic E-state index is 11.4. The van der Waals surface area contributed by atoms with Crippen molar-refractivity contribution in [1.29, 1.82) is 0 Å². The van der Waals surface area contributed by atoms with Gasteiger partial charge in [0.15, 0.2) is 5.11 Å². The van der Waals surface area contributed by atoms with Gasteiger partial charge in [0.05, 0.1) is 6.54 Å². The highest BCUT2D eigenvalue weighted by atomic mass is 32.1.